The van der Waals surface area contributed by atoms with Crippen LogP contribution >= 0.6 is 0 Å². The lowest BCUT2D eigenvalue weighted by atomic mass is 10.00. The molecule has 16 rings (SSSR count). The third-order valence-corrected chi connectivity index (χ3v) is 14.9. The van der Waals surface area contributed by atoms with Crippen LogP contribution in [-0.2, 0) is 6.42 Å². The molecule has 0 radical (unpaired) electrons. The molecule has 8 nitrogen and oxygen atoms in total. The Morgan fingerprint density at radius 2 is 0.771 bits per heavy atom. The number of fused-ring (bicyclic) bond motifs is 18. The van der Waals surface area contributed by atoms with Gasteiger partial charge in [0, 0.05) is 64.8 Å². The van der Waals surface area contributed by atoms with E-state index >= 15 is 0 Å². The van der Waals surface area contributed by atoms with Gasteiger partial charge >= 0.3 is 0 Å². The highest BCUT2D eigenvalue weighted by Crippen LogP contribution is 2.48. The SMILES string of the molecule is N#Cc1cc(C#N)c(-n2c3ccccc3c3cc4oc5ccccc5c4cc32)c(-n2c3ccccc3c3cc4oc5ccccc5c4cc32)c1-n1c2ccccc2c2cc3oc4c(c3cc21)CCC=C4. The highest BCUT2D eigenvalue weighted by atomic mass is 16.3. The minimum Gasteiger partial charge on any atom is -0.456 e. The summed E-state index contributed by atoms with van der Waals surface area (Å²) >= 11 is 0. The van der Waals surface area contributed by atoms with Crippen LogP contribution in [0.15, 0.2) is 183 Å². The number of para-hydroxylation sites is 5. The molecule has 8 heteroatoms. The molecule has 324 valence electrons. The van der Waals surface area contributed by atoms with Gasteiger partial charge in [0.25, 0.3) is 0 Å². The molecule has 0 aliphatic heterocycles. The second-order valence-electron chi connectivity index (χ2n) is 18.5. The predicted molar refractivity (Wildman–Crippen MR) is 281 cm³/mol. The number of aryl methyl sites for hydroxylation is 1. The molecule has 0 atom stereocenters. The lowest BCUT2D eigenvalue weighted by Crippen LogP contribution is -2.13. The molecule has 70 heavy (non-hydrogen) atoms. The van der Waals surface area contributed by atoms with Crippen LogP contribution in [0.4, 0.5) is 0 Å². The van der Waals surface area contributed by atoms with E-state index in [0.29, 0.717) is 28.2 Å². The highest BCUT2D eigenvalue weighted by Gasteiger charge is 2.31. The lowest BCUT2D eigenvalue weighted by molar-refractivity contribution is 0.596. The van der Waals surface area contributed by atoms with E-state index in [-0.39, 0.29) is 0 Å². The van der Waals surface area contributed by atoms with E-state index in [4.69, 9.17) is 13.3 Å². The van der Waals surface area contributed by atoms with Crippen molar-refractivity contribution in [3.63, 3.8) is 0 Å². The molecule has 6 aromatic heterocycles. The standard InChI is InChI=1S/C62H33N5O3/c63-32-34-25-35(33-64)61(66-49-20-8-2-14-37(49)43-30-58-46(27-52(43)66)40-17-5-11-23-55(40)69-58)62(67-50-21-9-3-15-38(50)44-31-59-47(28-53(44)67)41-18-6-12-24-56(41)70-59)60(34)65-48-19-7-1-13-36(48)42-29-57-45(26-51(42)65)39-16-4-10-22-54(39)68-57/h1-4,6-16,18-31H,5,17H2. The predicted octanol–water partition coefficient (Wildman–Crippen LogP) is 16.2. The summed E-state index contributed by atoms with van der Waals surface area (Å²) in [6.45, 7) is 0. The van der Waals surface area contributed by atoms with Crippen molar-refractivity contribution in [2.75, 3.05) is 0 Å². The van der Waals surface area contributed by atoms with Gasteiger partial charge in [-0.3, -0.25) is 0 Å². The van der Waals surface area contributed by atoms with Crippen molar-refractivity contribution in [1.29, 1.82) is 10.5 Å². The largest absolute Gasteiger partial charge is 0.456 e. The van der Waals surface area contributed by atoms with E-state index in [1.165, 1.54) is 5.56 Å². The van der Waals surface area contributed by atoms with Crippen molar-refractivity contribution >= 4 is 126 Å². The molecule has 0 amide bonds. The maximum absolute atomic E-state index is 11.7. The van der Waals surface area contributed by atoms with Gasteiger partial charge in [0.2, 0.25) is 0 Å². The van der Waals surface area contributed by atoms with E-state index in [2.05, 4.69) is 153 Å². The first-order valence-corrected chi connectivity index (χ1v) is 23.5. The topological polar surface area (TPSA) is 102 Å². The number of aromatic nitrogens is 3. The molecule has 0 saturated heterocycles. The first-order chi connectivity index (χ1) is 34.6. The maximum atomic E-state index is 11.7. The fourth-order valence-electron chi connectivity index (χ4n) is 12.0. The van der Waals surface area contributed by atoms with Gasteiger partial charge in [-0.25, -0.2) is 0 Å². The Hall–Kier alpha value is -9.76. The molecular formula is C62H33N5O3. The van der Waals surface area contributed by atoms with E-state index in [1.807, 2.05) is 42.5 Å². The minimum atomic E-state index is 0.356. The minimum absolute atomic E-state index is 0.356. The summed E-state index contributed by atoms with van der Waals surface area (Å²) in [7, 11) is 0. The molecule has 0 N–H and O–H groups in total. The van der Waals surface area contributed by atoms with Gasteiger partial charge in [-0.2, -0.15) is 10.5 Å². The van der Waals surface area contributed by atoms with E-state index in [9.17, 15) is 10.5 Å². The Morgan fingerprint density at radius 1 is 0.357 bits per heavy atom. The van der Waals surface area contributed by atoms with Crippen LogP contribution < -0.4 is 0 Å². The Morgan fingerprint density at radius 3 is 1.26 bits per heavy atom. The molecule has 0 spiro atoms. The lowest BCUT2D eigenvalue weighted by Gasteiger charge is -2.24. The Kier molecular flexibility index (Phi) is 7.17. The van der Waals surface area contributed by atoms with Crippen LogP contribution in [0, 0.1) is 22.7 Å². The Bertz CT molecular complexity index is 4990. The number of hydrogen-bond donors (Lipinski definition) is 0. The molecule has 0 saturated carbocycles. The van der Waals surface area contributed by atoms with Crippen LogP contribution in [0.2, 0.25) is 0 Å². The number of allylic oxidation sites excluding steroid dienone is 1. The summed E-state index contributed by atoms with van der Waals surface area (Å²) < 4.78 is 26.5. The summed E-state index contributed by atoms with van der Waals surface area (Å²) in [5, 5.41) is 34.4. The third kappa shape index (κ3) is 4.76. The molecule has 1 aliphatic rings. The van der Waals surface area contributed by atoms with Crippen LogP contribution in [0.1, 0.15) is 28.9 Å². The number of rotatable bonds is 3. The zero-order chi connectivity index (χ0) is 45.9. The van der Waals surface area contributed by atoms with Crippen LogP contribution in [-0.4, -0.2) is 13.7 Å². The second kappa shape index (κ2) is 13.4. The quantitative estimate of drug-likeness (QED) is 0.176. The van der Waals surface area contributed by atoms with E-state index in [1.54, 1.807) is 6.07 Å². The zero-order valence-electron chi connectivity index (χ0n) is 37.1. The van der Waals surface area contributed by atoms with Crippen molar-refractivity contribution in [2.24, 2.45) is 0 Å². The van der Waals surface area contributed by atoms with Crippen molar-refractivity contribution in [3.8, 4) is 29.2 Å². The Balaban J connectivity index is 1.17. The normalized spacial score (nSPS) is 12.9. The van der Waals surface area contributed by atoms with Crippen molar-refractivity contribution in [3.05, 3.63) is 192 Å². The average molecular weight is 896 g/mol. The van der Waals surface area contributed by atoms with Gasteiger partial charge in [0.15, 0.2) is 0 Å². The molecular weight excluding hydrogens is 863 g/mol. The molecule has 15 aromatic rings. The fourth-order valence-corrected chi connectivity index (χ4v) is 12.0. The molecule has 9 aromatic carbocycles. The number of furan rings is 3. The molecule has 0 bridgehead atoms. The van der Waals surface area contributed by atoms with Gasteiger partial charge in [0.05, 0.1) is 61.3 Å². The molecule has 1 aliphatic carbocycles. The van der Waals surface area contributed by atoms with Gasteiger partial charge < -0.3 is 27.0 Å². The summed E-state index contributed by atoms with van der Waals surface area (Å²) in [5.41, 5.74) is 13.4. The number of nitrogens with zero attached hydrogens (tertiary/aromatic N) is 5. The summed E-state index contributed by atoms with van der Waals surface area (Å²) in [6, 6.07) is 61.7. The van der Waals surface area contributed by atoms with Gasteiger partial charge in [-0.15, -0.1) is 0 Å². The van der Waals surface area contributed by atoms with Crippen LogP contribution in [0.3, 0.4) is 0 Å². The number of nitriles is 2. The smallest absolute Gasteiger partial charge is 0.136 e. The fraction of sp³-hybridized carbons (Fsp3) is 0.0323. The summed E-state index contributed by atoms with van der Waals surface area (Å²) in [5.74, 6) is 0.887. The molecule has 0 fully saturated rings. The highest BCUT2D eigenvalue weighted by molar-refractivity contribution is 6.21. The number of benzene rings is 9. The summed E-state index contributed by atoms with van der Waals surface area (Å²) in [6.07, 6.45) is 6.05. The average Bonchev–Trinajstić information content (AvgIpc) is 4.25. The first kappa shape index (κ1) is 37.3. The monoisotopic (exact) mass is 895 g/mol. The van der Waals surface area contributed by atoms with Gasteiger partial charge in [0.1, 0.15) is 45.8 Å². The van der Waals surface area contributed by atoms with E-state index in [0.717, 1.165) is 139 Å². The van der Waals surface area contributed by atoms with Crippen molar-refractivity contribution < 1.29 is 13.3 Å². The molecule has 0 unspecified atom stereocenters. The van der Waals surface area contributed by atoms with E-state index < -0.39 is 0 Å². The van der Waals surface area contributed by atoms with Gasteiger partial charge in [-0.1, -0.05) is 97.1 Å². The number of hydrogen-bond acceptors (Lipinski definition) is 5. The van der Waals surface area contributed by atoms with Crippen LogP contribution in [0.5, 0.6) is 0 Å². The second-order valence-corrected chi connectivity index (χ2v) is 18.5. The molecule has 6 heterocycles. The van der Waals surface area contributed by atoms with Crippen molar-refractivity contribution in [2.45, 2.75) is 12.8 Å². The van der Waals surface area contributed by atoms with Crippen LogP contribution in [0.25, 0.3) is 143 Å². The zero-order valence-corrected chi connectivity index (χ0v) is 37.1. The summed E-state index contributed by atoms with van der Waals surface area (Å²) in [4.78, 5) is 0. The van der Waals surface area contributed by atoms with Crippen molar-refractivity contribution in [1.82, 2.24) is 13.7 Å². The van der Waals surface area contributed by atoms with Gasteiger partial charge in [-0.05, 0) is 91.7 Å². The maximum Gasteiger partial charge on any atom is 0.136 e. The first-order valence-electron chi connectivity index (χ1n) is 23.5. The Labute approximate surface area is 396 Å². The third-order valence-electron chi connectivity index (χ3n) is 14.9.